The van der Waals surface area contributed by atoms with Crippen LogP contribution >= 0.6 is 0 Å². The zero-order chi connectivity index (χ0) is 9.19. The molecule has 0 aromatic carbocycles. The molecule has 0 aliphatic carbocycles. The first-order chi connectivity index (χ1) is 5.55. The van der Waals surface area contributed by atoms with Gasteiger partial charge in [-0.3, -0.25) is 5.43 Å². The topological polar surface area (TPSA) is 58.4 Å². The fourth-order valence-corrected chi connectivity index (χ4v) is 1.41. The molecular formula is C8H17N3O. The molecule has 0 unspecified atom stereocenters. The third kappa shape index (κ3) is 2.11. The molecular weight excluding hydrogens is 154 g/mol. The number of rotatable bonds is 0. The first-order valence-electron chi connectivity index (χ1n) is 4.31. The standard InChI is InChI=1S/C8H17N3O/c1-8(2)3-5-11(6-4-8)7(12)10-9/h3-6,9H2,1-2H3,(H,10,12). The highest BCUT2D eigenvalue weighted by molar-refractivity contribution is 5.73. The molecule has 0 aromatic rings. The molecule has 1 aliphatic heterocycles. The maximum Gasteiger partial charge on any atom is 0.331 e. The van der Waals surface area contributed by atoms with Crippen LogP contribution in [0.25, 0.3) is 0 Å². The van der Waals surface area contributed by atoms with E-state index in [1.165, 1.54) is 0 Å². The monoisotopic (exact) mass is 171 g/mol. The SMILES string of the molecule is CC1(C)CCN(C(=O)NN)CC1. The molecule has 0 aromatic heterocycles. The summed E-state index contributed by atoms with van der Waals surface area (Å²) in [6.07, 6.45) is 2.11. The van der Waals surface area contributed by atoms with Gasteiger partial charge in [0.05, 0.1) is 0 Å². The smallest absolute Gasteiger partial charge is 0.324 e. The molecule has 1 rings (SSSR count). The van der Waals surface area contributed by atoms with Gasteiger partial charge in [0.15, 0.2) is 0 Å². The molecule has 70 valence electrons. The second-order valence-electron chi connectivity index (χ2n) is 4.10. The van der Waals surface area contributed by atoms with Gasteiger partial charge in [0.2, 0.25) is 0 Å². The third-order valence-corrected chi connectivity index (χ3v) is 2.53. The van der Waals surface area contributed by atoms with Gasteiger partial charge in [0.1, 0.15) is 0 Å². The minimum absolute atomic E-state index is 0.162. The van der Waals surface area contributed by atoms with E-state index in [0.717, 1.165) is 25.9 Å². The van der Waals surface area contributed by atoms with Crippen LogP contribution in [-0.2, 0) is 0 Å². The molecule has 4 heteroatoms. The highest BCUT2D eigenvalue weighted by atomic mass is 16.2. The number of hydrogen-bond acceptors (Lipinski definition) is 2. The molecule has 1 heterocycles. The van der Waals surface area contributed by atoms with Crippen molar-refractivity contribution in [1.82, 2.24) is 10.3 Å². The summed E-state index contributed by atoms with van der Waals surface area (Å²) in [5, 5.41) is 0. The molecule has 4 nitrogen and oxygen atoms in total. The quantitative estimate of drug-likeness (QED) is 0.320. The average molecular weight is 171 g/mol. The highest BCUT2D eigenvalue weighted by Crippen LogP contribution is 2.29. The van der Waals surface area contributed by atoms with Crippen molar-refractivity contribution in [2.75, 3.05) is 13.1 Å². The summed E-state index contributed by atoms with van der Waals surface area (Å²) in [6.45, 7) is 6.08. The molecule has 3 N–H and O–H groups in total. The van der Waals surface area contributed by atoms with E-state index in [2.05, 4.69) is 19.3 Å². The number of nitrogens with two attached hydrogens (primary N) is 1. The van der Waals surface area contributed by atoms with Crippen molar-refractivity contribution in [3.05, 3.63) is 0 Å². The predicted octanol–water partition coefficient (Wildman–Crippen LogP) is 0.692. The Balaban J connectivity index is 2.41. The minimum Gasteiger partial charge on any atom is -0.324 e. The van der Waals surface area contributed by atoms with Crippen molar-refractivity contribution in [3.8, 4) is 0 Å². The van der Waals surface area contributed by atoms with Crippen LogP contribution in [0.5, 0.6) is 0 Å². The number of nitrogens with zero attached hydrogens (tertiary/aromatic N) is 1. The van der Waals surface area contributed by atoms with Crippen molar-refractivity contribution in [2.45, 2.75) is 26.7 Å². The van der Waals surface area contributed by atoms with E-state index in [9.17, 15) is 4.79 Å². The number of hydrogen-bond donors (Lipinski definition) is 2. The Morgan fingerprint density at radius 1 is 1.42 bits per heavy atom. The minimum atomic E-state index is -0.162. The van der Waals surface area contributed by atoms with Gasteiger partial charge in [-0.1, -0.05) is 13.8 Å². The first kappa shape index (κ1) is 9.32. The Morgan fingerprint density at radius 3 is 2.33 bits per heavy atom. The van der Waals surface area contributed by atoms with E-state index in [0.29, 0.717) is 5.41 Å². The lowest BCUT2D eigenvalue weighted by molar-refractivity contribution is 0.140. The average Bonchev–Trinajstić information content (AvgIpc) is 2.03. The Morgan fingerprint density at radius 2 is 1.92 bits per heavy atom. The lowest BCUT2D eigenvalue weighted by Crippen LogP contribution is -2.48. The van der Waals surface area contributed by atoms with Crippen LogP contribution in [0.15, 0.2) is 0 Å². The summed E-state index contributed by atoms with van der Waals surface area (Å²) in [7, 11) is 0. The van der Waals surface area contributed by atoms with Crippen molar-refractivity contribution in [1.29, 1.82) is 0 Å². The van der Waals surface area contributed by atoms with Crippen LogP contribution in [0.4, 0.5) is 4.79 Å². The number of hydrazine groups is 1. The second kappa shape index (κ2) is 3.31. The van der Waals surface area contributed by atoms with E-state index in [4.69, 9.17) is 5.84 Å². The highest BCUT2D eigenvalue weighted by Gasteiger charge is 2.27. The van der Waals surface area contributed by atoms with Crippen LogP contribution in [0, 0.1) is 5.41 Å². The van der Waals surface area contributed by atoms with E-state index in [1.807, 2.05) is 0 Å². The van der Waals surface area contributed by atoms with Gasteiger partial charge in [-0.25, -0.2) is 10.6 Å². The van der Waals surface area contributed by atoms with Gasteiger partial charge >= 0.3 is 6.03 Å². The van der Waals surface area contributed by atoms with Crippen molar-refractivity contribution in [3.63, 3.8) is 0 Å². The molecule has 1 aliphatic rings. The van der Waals surface area contributed by atoms with Crippen molar-refractivity contribution >= 4 is 6.03 Å². The molecule has 0 radical (unpaired) electrons. The number of likely N-dealkylation sites (tertiary alicyclic amines) is 1. The lowest BCUT2D eigenvalue weighted by atomic mass is 9.83. The Kier molecular flexibility index (Phi) is 2.57. The summed E-state index contributed by atoms with van der Waals surface area (Å²) in [5.41, 5.74) is 2.53. The molecule has 0 atom stereocenters. The maximum absolute atomic E-state index is 11.1. The van der Waals surface area contributed by atoms with Crippen LogP contribution in [0.2, 0.25) is 0 Å². The van der Waals surface area contributed by atoms with Gasteiger partial charge < -0.3 is 4.90 Å². The number of carbonyl (C=O) groups is 1. The lowest BCUT2D eigenvalue weighted by Gasteiger charge is -2.36. The Hall–Kier alpha value is -0.770. The van der Waals surface area contributed by atoms with Crippen LogP contribution in [0.1, 0.15) is 26.7 Å². The van der Waals surface area contributed by atoms with E-state index < -0.39 is 0 Å². The molecule has 2 amide bonds. The normalized spacial score (nSPS) is 22.1. The fraction of sp³-hybridized carbons (Fsp3) is 0.875. The largest absolute Gasteiger partial charge is 0.331 e. The van der Waals surface area contributed by atoms with E-state index in [-0.39, 0.29) is 6.03 Å². The molecule has 12 heavy (non-hydrogen) atoms. The summed E-state index contributed by atoms with van der Waals surface area (Å²) < 4.78 is 0. The molecule has 0 bridgehead atoms. The summed E-state index contributed by atoms with van der Waals surface area (Å²) in [5.74, 6) is 5.03. The zero-order valence-corrected chi connectivity index (χ0v) is 7.76. The number of urea groups is 1. The number of piperidine rings is 1. The third-order valence-electron chi connectivity index (χ3n) is 2.53. The van der Waals surface area contributed by atoms with Gasteiger partial charge in [0.25, 0.3) is 0 Å². The fourth-order valence-electron chi connectivity index (χ4n) is 1.41. The predicted molar refractivity (Wildman–Crippen MR) is 47.3 cm³/mol. The molecule has 1 fully saturated rings. The summed E-state index contributed by atoms with van der Waals surface area (Å²) in [4.78, 5) is 12.8. The number of carbonyl (C=O) groups excluding carboxylic acids is 1. The number of nitrogens with one attached hydrogen (secondary N) is 1. The molecule has 0 saturated carbocycles. The molecule has 1 saturated heterocycles. The zero-order valence-electron chi connectivity index (χ0n) is 7.76. The molecule has 0 spiro atoms. The maximum atomic E-state index is 11.1. The number of amides is 2. The van der Waals surface area contributed by atoms with Gasteiger partial charge in [0, 0.05) is 13.1 Å². The van der Waals surface area contributed by atoms with Crippen LogP contribution in [0.3, 0.4) is 0 Å². The van der Waals surface area contributed by atoms with Gasteiger partial charge in [-0.05, 0) is 18.3 Å². The second-order valence-corrected chi connectivity index (χ2v) is 4.10. The first-order valence-corrected chi connectivity index (χ1v) is 4.31. The van der Waals surface area contributed by atoms with Crippen molar-refractivity contribution < 1.29 is 4.79 Å². The Labute approximate surface area is 73.1 Å². The Bertz CT molecular complexity index is 169. The van der Waals surface area contributed by atoms with Gasteiger partial charge in [-0.2, -0.15) is 0 Å². The summed E-state index contributed by atoms with van der Waals surface area (Å²) in [6, 6.07) is -0.162. The van der Waals surface area contributed by atoms with Crippen LogP contribution in [-0.4, -0.2) is 24.0 Å². The van der Waals surface area contributed by atoms with Gasteiger partial charge in [-0.15, -0.1) is 0 Å². The van der Waals surface area contributed by atoms with E-state index >= 15 is 0 Å². The van der Waals surface area contributed by atoms with Crippen LogP contribution < -0.4 is 11.3 Å². The van der Waals surface area contributed by atoms with Crippen molar-refractivity contribution in [2.24, 2.45) is 11.3 Å². The summed E-state index contributed by atoms with van der Waals surface area (Å²) >= 11 is 0. The van der Waals surface area contributed by atoms with E-state index in [1.54, 1.807) is 4.90 Å².